The summed E-state index contributed by atoms with van der Waals surface area (Å²) in [6.07, 6.45) is 1.49. The minimum Gasteiger partial charge on any atom is -0.387 e. The lowest BCUT2D eigenvalue weighted by Crippen LogP contribution is -2.07. The molecule has 1 aromatic heterocycles. The van der Waals surface area contributed by atoms with Gasteiger partial charge < -0.3 is 10.8 Å². The van der Waals surface area contributed by atoms with Crippen LogP contribution in [0.4, 0.5) is 0 Å². The second-order valence-electron chi connectivity index (χ2n) is 2.35. The first-order valence-corrected chi connectivity index (χ1v) is 3.48. The van der Waals surface area contributed by atoms with Gasteiger partial charge in [-0.3, -0.25) is 0 Å². The molecule has 0 saturated heterocycles. The number of aliphatic hydroxyl groups is 1. The van der Waals surface area contributed by atoms with E-state index in [-0.39, 0.29) is 0 Å². The standard InChI is InChI=1S/C6H12N4O/c1-10-8-4-5(9-10)6(11)2-3-7/h4,6,11H,2-3,7H2,1H3. The van der Waals surface area contributed by atoms with E-state index in [9.17, 15) is 5.11 Å². The van der Waals surface area contributed by atoms with E-state index in [1.165, 1.54) is 4.80 Å². The quantitative estimate of drug-likeness (QED) is 0.600. The molecule has 0 aliphatic heterocycles. The molecule has 62 valence electrons. The van der Waals surface area contributed by atoms with Crippen molar-refractivity contribution in [1.82, 2.24) is 15.0 Å². The molecule has 5 heteroatoms. The number of rotatable bonds is 3. The first-order valence-electron chi connectivity index (χ1n) is 3.48. The summed E-state index contributed by atoms with van der Waals surface area (Å²) in [6, 6.07) is 0. The van der Waals surface area contributed by atoms with E-state index in [2.05, 4.69) is 10.2 Å². The molecule has 0 saturated carbocycles. The Morgan fingerprint density at radius 2 is 2.55 bits per heavy atom. The zero-order chi connectivity index (χ0) is 8.27. The molecule has 0 aliphatic rings. The molecular formula is C6H12N4O. The minimum absolute atomic E-state index is 0.456. The summed E-state index contributed by atoms with van der Waals surface area (Å²) >= 11 is 0. The van der Waals surface area contributed by atoms with Crippen molar-refractivity contribution in [3.8, 4) is 0 Å². The molecule has 5 nitrogen and oxygen atoms in total. The van der Waals surface area contributed by atoms with E-state index in [0.717, 1.165) is 0 Å². The molecule has 11 heavy (non-hydrogen) atoms. The van der Waals surface area contributed by atoms with Gasteiger partial charge in [-0.2, -0.15) is 15.0 Å². The highest BCUT2D eigenvalue weighted by Crippen LogP contribution is 2.10. The van der Waals surface area contributed by atoms with Gasteiger partial charge in [0.2, 0.25) is 0 Å². The first kappa shape index (κ1) is 8.16. The van der Waals surface area contributed by atoms with E-state index in [4.69, 9.17) is 5.73 Å². The van der Waals surface area contributed by atoms with Crippen molar-refractivity contribution in [3.05, 3.63) is 11.9 Å². The van der Waals surface area contributed by atoms with Gasteiger partial charge in [0.25, 0.3) is 0 Å². The summed E-state index contributed by atoms with van der Waals surface area (Å²) in [5.41, 5.74) is 5.84. The van der Waals surface area contributed by atoms with Gasteiger partial charge in [0, 0.05) is 7.05 Å². The summed E-state index contributed by atoms with van der Waals surface area (Å²) in [6.45, 7) is 0.456. The van der Waals surface area contributed by atoms with Gasteiger partial charge in [-0.1, -0.05) is 0 Å². The van der Waals surface area contributed by atoms with Crippen LogP contribution in [-0.2, 0) is 7.05 Å². The number of aryl methyl sites for hydroxylation is 1. The number of aliphatic hydroxyl groups excluding tert-OH is 1. The lowest BCUT2D eigenvalue weighted by atomic mass is 10.2. The highest BCUT2D eigenvalue weighted by atomic mass is 16.3. The van der Waals surface area contributed by atoms with Gasteiger partial charge >= 0.3 is 0 Å². The van der Waals surface area contributed by atoms with Gasteiger partial charge in [-0.25, -0.2) is 0 Å². The van der Waals surface area contributed by atoms with Gasteiger partial charge in [-0.15, -0.1) is 0 Å². The van der Waals surface area contributed by atoms with Crippen LogP contribution in [0.1, 0.15) is 18.2 Å². The van der Waals surface area contributed by atoms with Gasteiger partial charge in [0.15, 0.2) is 0 Å². The molecule has 0 radical (unpaired) electrons. The fourth-order valence-electron chi connectivity index (χ4n) is 0.820. The monoisotopic (exact) mass is 156 g/mol. The van der Waals surface area contributed by atoms with Crippen LogP contribution in [0.25, 0.3) is 0 Å². The average Bonchev–Trinajstić information content (AvgIpc) is 2.36. The van der Waals surface area contributed by atoms with Crippen LogP contribution in [0.3, 0.4) is 0 Å². The molecule has 3 N–H and O–H groups in total. The van der Waals surface area contributed by atoms with Crippen molar-refractivity contribution in [2.24, 2.45) is 12.8 Å². The van der Waals surface area contributed by atoms with Crippen molar-refractivity contribution < 1.29 is 5.11 Å². The molecule has 0 aromatic carbocycles. The predicted molar refractivity (Wildman–Crippen MR) is 39.6 cm³/mol. The van der Waals surface area contributed by atoms with E-state index < -0.39 is 6.10 Å². The SMILES string of the molecule is Cn1ncc(C(O)CCN)n1. The largest absolute Gasteiger partial charge is 0.387 e. The lowest BCUT2D eigenvalue weighted by Gasteiger charge is -2.02. The van der Waals surface area contributed by atoms with Crippen LogP contribution >= 0.6 is 0 Å². The number of nitrogens with zero attached hydrogens (tertiary/aromatic N) is 3. The topological polar surface area (TPSA) is 77.0 Å². The molecule has 1 unspecified atom stereocenters. The summed E-state index contributed by atoms with van der Waals surface area (Å²) in [5, 5.41) is 17.1. The Labute approximate surface area is 64.8 Å². The van der Waals surface area contributed by atoms with Crippen LogP contribution < -0.4 is 5.73 Å². The molecule has 1 atom stereocenters. The van der Waals surface area contributed by atoms with E-state index in [1.807, 2.05) is 0 Å². The predicted octanol–water partition coefficient (Wildman–Crippen LogP) is -0.803. The van der Waals surface area contributed by atoms with Crippen LogP contribution in [0, 0.1) is 0 Å². The zero-order valence-corrected chi connectivity index (χ0v) is 6.44. The Balaban J connectivity index is 2.60. The third-order valence-electron chi connectivity index (χ3n) is 1.40. The Morgan fingerprint density at radius 1 is 1.82 bits per heavy atom. The molecular weight excluding hydrogens is 144 g/mol. The fraction of sp³-hybridized carbons (Fsp3) is 0.667. The zero-order valence-electron chi connectivity index (χ0n) is 6.44. The maximum absolute atomic E-state index is 9.34. The summed E-state index contributed by atoms with van der Waals surface area (Å²) < 4.78 is 0. The Kier molecular flexibility index (Phi) is 2.56. The summed E-state index contributed by atoms with van der Waals surface area (Å²) in [5.74, 6) is 0. The number of hydrogen-bond acceptors (Lipinski definition) is 4. The van der Waals surface area contributed by atoms with Crippen LogP contribution in [0.15, 0.2) is 6.20 Å². The third-order valence-corrected chi connectivity index (χ3v) is 1.40. The number of hydrogen-bond donors (Lipinski definition) is 2. The first-order chi connectivity index (χ1) is 5.24. The van der Waals surface area contributed by atoms with Crippen LogP contribution in [0.5, 0.6) is 0 Å². The third kappa shape index (κ3) is 1.99. The van der Waals surface area contributed by atoms with Crippen LogP contribution in [-0.4, -0.2) is 26.6 Å². The van der Waals surface area contributed by atoms with Crippen molar-refractivity contribution >= 4 is 0 Å². The molecule has 1 rings (SSSR count). The van der Waals surface area contributed by atoms with Crippen molar-refractivity contribution in [1.29, 1.82) is 0 Å². The van der Waals surface area contributed by atoms with Gasteiger partial charge in [-0.05, 0) is 13.0 Å². The Bertz CT molecular complexity index is 222. The lowest BCUT2D eigenvalue weighted by molar-refractivity contribution is 0.165. The molecule has 0 amide bonds. The molecule has 0 aliphatic carbocycles. The molecule has 1 heterocycles. The Hall–Kier alpha value is -0.940. The average molecular weight is 156 g/mol. The van der Waals surface area contributed by atoms with Gasteiger partial charge in [0.05, 0.1) is 6.20 Å². The smallest absolute Gasteiger partial charge is 0.111 e. The maximum atomic E-state index is 9.34. The minimum atomic E-state index is -0.575. The molecule has 0 bridgehead atoms. The summed E-state index contributed by atoms with van der Waals surface area (Å²) in [7, 11) is 1.71. The molecule has 1 aromatic rings. The molecule has 0 spiro atoms. The second kappa shape index (κ2) is 3.45. The van der Waals surface area contributed by atoms with Gasteiger partial charge in [0.1, 0.15) is 11.8 Å². The van der Waals surface area contributed by atoms with Crippen molar-refractivity contribution in [2.45, 2.75) is 12.5 Å². The maximum Gasteiger partial charge on any atom is 0.111 e. The van der Waals surface area contributed by atoms with E-state index >= 15 is 0 Å². The van der Waals surface area contributed by atoms with Crippen molar-refractivity contribution in [3.63, 3.8) is 0 Å². The highest BCUT2D eigenvalue weighted by molar-refractivity contribution is 4.95. The Morgan fingerprint density at radius 3 is 3.00 bits per heavy atom. The van der Waals surface area contributed by atoms with Crippen LogP contribution in [0.2, 0.25) is 0 Å². The second-order valence-corrected chi connectivity index (χ2v) is 2.35. The fourth-order valence-corrected chi connectivity index (χ4v) is 0.820. The summed E-state index contributed by atoms with van der Waals surface area (Å²) in [4.78, 5) is 1.41. The number of aromatic nitrogens is 3. The molecule has 0 fully saturated rings. The number of nitrogens with two attached hydrogens (primary N) is 1. The van der Waals surface area contributed by atoms with E-state index in [0.29, 0.717) is 18.7 Å². The highest BCUT2D eigenvalue weighted by Gasteiger charge is 2.09. The van der Waals surface area contributed by atoms with Crippen molar-refractivity contribution in [2.75, 3.05) is 6.54 Å². The van der Waals surface area contributed by atoms with E-state index in [1.54, 1.807) is 13.2 Å². The normalized spacial score (nSPS) is 13.4.